The number of ether oxygens (including phenoxy) is 1. The van der Waals surface area contributed by atoms with Gasteiger partial charge in [0.1, 0.15) is 24.5 Å². The Morgan fingerprint density at radius 3 is 2.55 bits per heavy atom. The van der Waals surface area contributed by atoms with Crippen molar-refractivity contribution in [2.75, 3.05) is 12.9 Å². The zero-order chi connectivity index (χ0) is 23.8. The maximum Gasteiger partial charge on any atom is 0.339 e. The number of amidine groups is 1. The Morgan fingerprint density at radius 2 is 1.88 bits per heavy atom. The second kappa shape index (κ2) is 9.27. The van der Waals surface area contributed by atoms with Crippen molar-refractivity contribution in [1.82, 2.24) is 10.3 Å². The second-order valence-electron chi connectivity index (χ2n) is 8.03. The lowest BCUT2D eigenvalue weighted by atomic mass is 9.91. The van der Waals surface area contributed by atoms with Crippen LogP contribution in [-0.2, 0) is 10.1 Å². The predicted octanol–water partition coefficient (Wildman–Crippen LogP) is 3.26. The van der Waals surface area contributed by atoms with Gasteiger partial charge in [-0.05, 0) is 50.5 Å². The van der Waals surface area contributed by atoms with E-state index >= 15 is 0 Å². The number of methoxy groups -OCH3 is 1. The summed E-state index contributed by atoms with van der Waals surface area (Å²) in [6.07, 6.45) is 0. The summed E-state index contributed by atoms with van der Waals surface area (Å²) in [6, 6.07) is 11.5. The van der Waals surface area contributed by atoms with Gasteiger partial charge in [-0.3, -0.25) is 9.98 Å². The first-order valence-electron chi connectivity index (χ1n) is 10.4. The van der Waals surface area contributed by atoms with Gasteiger partial charge in [0.2, 0.25) is 0 Å². The Balaban J connectivity index is 1.82. The van der Waals surface area contributed by atoms with Crippen molar-refractivity contribution in [3.8, 4) is 11.5 Å². The van der Waals surface area contributed by atoms with Crippen molar-refractivity contribution in [3.05, 3.63) is 53.7 Å². The number of aryl methyl sites for hydroxylation is 1. The van der Waals surface area contributed by atoms with E-state index in [9.17, 15) is 8.42 Å². The third kappa shape index (κ3) is 4.96. The van der Waals surface area contributed by atoms with Gasteiger partial charge in [0, 0.05) is 23.2 Å². The fourth-order valence-corrected chi connectivity index (χ4v) is 5.44. The van der Waals surface area contributed by atoms with Gasteiger partial charge in [0.05, 0.1) is 18.3 Å². The highest BCUT2D eigenvalue weighted by Gasteiger charge is 2.26. The van der Waals surface area contributed by atoms with Crippen molar-refractivity contribution in [2.45, 2.75) is 37.8 Å². The van der Waals surface area contributed by atoms with Gasteiger partial charge in [-0.15, -0.1) is 0 Å². The van der Waals surface area contributed by atoms with Crippen LogP contribution in [0.15, 0.2) is 52.4 Å². The summed E-state index contributed by atoms with van der Waals surface area (Å²) < 4.78 is 37.0. The maximum atomic E-state index is 13.0. The summed E-state index contributed by atoms with van der Waals surface area (Å²) in [7, 11) is 3.75. The molecule has 0 aliphatic carbocycles. The van der Waals surface area contributed by atoms with Crippen LogP contribution in [0.25, 0.3) is 10.9 Å². The Morgan fingerprint density at radius 1 is 1.15 bits per heavy atom. The van der Waals surface area contributed by atoms with Crippen LogP contribution in [0.4, 0.5) is 0 Å². The SMILES string of the molecule is [B]c1c(OC)ccc2c(OS(=O)(=O)c3ccc(C)cc3)cc(C3CSC(NC(C)C)=N3)nc12. The first-order valence-corrected chi connectivity index (χ1v) is 12.8. The number of fused-ring (bicyclic) bond motifs is 1. The molecule has 0 bridgehead atoms. The highest BCUT2D eigenvalue weighted by molar-refractivity contribution is 8.14. The first-order chi connectivity index (χ1) is 15.7. The summed E-state index contributed by atoms with van der Waals surface area (Å²) in [6.45, 7) is 5.97. The molecule has 1 aliphatic rings. The molecule has 7 nitrogen and oxygen atoms in total. The van der Waals surface area contributed by atoms with Crippen LogP contribution in [0.2, 0.25) is 0 Å². The average Bonchev–Trinajstić information content (AvgIpc) is 3.22. The standard InChI is InChI=1S/C23H24BN3O4S2/c1-13(2)25-23-27-18(12-32-23)17-11-20(16-9-10-19(30-4)21(24)22(16)26-17)31-33(28,29)15-7-5-14(3)6-8-15/h5-11,13,18H,12H2,1-4H3,(H,25,27). The van der Waals surface area contributed by atoms with Gasteiger partial charge < -0.3 is 14.2 Å². The molecule has 4 rings (SSSR count). The fraction of sp³-hybridized carbons (Fsp3) is 0.304. The molecule has 0 saturated carbocycles. The smallest absolute Gasteiger partial charge is 0.339 e. The van der Waals surface area contributed by atoms with E-state index in [1.54, 1.807) is 42.1 Å². The van der Waals surface area contributed by atoms with Crippen LogP contribution in [0.3, 0.4) is 0 Å². The molecule has 10 heteroatoms. The van der Waals surface area contributed by atoms with Crippen LogP contribution in [0.5, 0.6) is 11.5 Å². The van der Waals surface area contributed by atoms with E-state index < -0.39 is 10.1 Å². The third-order valence-electron chi connectivity index (χ3n) is 5.10. The van der Waals surface area contributed by atoms with E-state index in [1.165, 1.54) is 19.2 Å². The number of hydrogen-bond donors (Lipinski definition) is 1. The van der Waals surface area contributed by atoms with E-state index in [1.807, 2.05) is 20.8 Å². The number of aromatic nitrogens is 1. The van der Waals surface area contributed by atoms with E-state index in [4.69, 9.17) is 26.7 Å². The van der Waals surface area contributed by atoms with Gasteiger partial charge in [-0.1, -0.05) is 29.5 Å². The van der Waals surface area contributed by atoms with Gasteiger partial charge in [-0.25, -0.2) is 0 Å². The molecule has 3 aromatic rings. The summed E-state index contributed by atoms with van der Waals surface area (Å²) >= 11 is 1.59. The largest absolute Gasteiger partial charge is 0.497 e. The minimum absolute atomic E-state index is 0.0685. The highest BCUT2D eigenvalue weighted by atomic mass is 32.2. The Hall–Kier alpha value is -2.72. The van der Waals surface area contributed by atoms with Crippen LogP contribution < -0.4 is 19.7 Å². The summed E-state index contributed by atoms with van der Waals surface area (Å²) in [5, 5.41) is 4.60. The van der Waals surface area contributed by atoms with Crippen molar-refractivity contribution in [3.63, 3.8) is 0 Å². The van der Waals surface area contributed by atoms with Crippen molar-refractivity contribution in [2.24, 2.45) is 4.99 Å². The van der Waals surface area contributed by atoms with Crippen LogP contribution in [0.1, 0.15) is 31.1 Å². The zero-order valence-electron chi connectivity index (χ0n) is 18.8. The number of hydrogen-bond acceptors (Lipinski definition) is 8. The Kier molecular flexibility index (Phi) is 6.58. The molecule has 1 N–H and O–H groups in total. The minimum Gasteiger partial charge on any atom is -0.497 e. The summed E-state index contributed by atoms with van der Waals surface area (Å²) in [5.74, 6) is 1.27. The molecule has 1 unspecified atom stereocenters. The lowest BCUT2D eigenvalue weighted by molar-refractivity contribution is 0.418. The molecule has 1 aromatic heterocycles. The monoisotopic (exact) mass is 481 g/mol. The van der Waals surface area contributed by atoms with Gasteiger partial charge in [0.15, 0.2) is 10.9 Å². The molecule has 2 radical (unpaired) electrons. The number of nitrogens with one attached hydrogen (secondary N) is 1. The normalized spacial score (nSPS) is 16.2. The van der Waals surface area contributed by atoms with Crippen LogP contribution in [-0.4, -0.2) is 45.3 Å². The second-order valence-corrected chi connectivity index (χ2v) is 10.6. The van der Waals surface area contributed by atoms with Gasteiger partial charge in [-0.2, -0.15) is 8.42 Å². The summed E-state index contributed by atoms with van der Waals surface area (Å²) in [4.78, 5) is 9.51. The number of pyridine rings is 1. The zero-order valence-corrected chi connectivity index (χ0v) is 20.5. The first kappa shape index (κ1) is 23.4. The number of aliphatic imine (C=N–C) groups is 1. The predicted molar refractivity (Wildman–Crippen MR) is 134 cm³/mol. The molecule has 0 fully saturated rings. The van der Waals surface area contributed by atoms with Gasteiger partial charge in [0.25, 0.3) is 0 Å². The number of thioether (sulfide) groups is 1. The molecule has 0 saturated heterocycles. The van der Waals surface area contributed by atoms with Crippen molar-refractivity contribution < 1.29 is 17.3 Å². The molecular weight excluding hydrogens is 457 g/mol. The average molecular weight is 481 g/mol. The Labute approximate surface area is 199 Å². The van der Waals surface area contributed by atoms with Crippen molar-refractivity contribution in [1.29, 1.82) is 0 Å². The number of benzene rings is 2. The molecule has 2 aromatic carbocycles. The van der Waals surface area contributed by atoms with E-state index in [2.05, 4.69) is 5.32 Å². The molecule has 33 heavy (non-hydrogen) atoms. The molecule has 0 amide bonds. The lowest BCUT2D eigenvalue weighted by Crippen LogP contribution is -2.26. The molecule has 170 valence electrons. The maximum absolute atomic E-state index is 13.0. The lowest BCUT2D eigenvalue weighted by Gasteiger charge is -2.16. The summed E-state index contributed by atoms with van der Waals surface area (Å²) in [5.41, 5.74) is 2.24. The quantitative estimate of drug-likeness (QED) is 0.427. The molecule has 1 aliphatic heterocycles. The molecule has 1 atom stereocenters. The van der Waals surface area contributed by atoms with Gasteiger partial charge >= 0.3 is 10.1 Å². The number of rotatable bonds is 6. The molecule has 2 heterocycles. The third-order valence-corrected chi connectivity index (χ3v) is 7.32. The minimum atomic E-state index is -4.07. The van der Waals surface area contributed by atoms with E-state index in [0.29, 0.717) is 33.6 Å². The van der Waals surface area contributed by atoms with E-state index in [0.717, 1.165) is 10.7 Å². The molecule has 0 spiro atoms. The molecular formula is C23H24BN3O4S2. The fourth-order valence-electron chi connectivity index (χ4n) is 3.42. The van der Waals surface area contributed by atoms with E-state index in [-0.39, 0.29) is 22.7 Å². The highest BCUT2D eigenvalue weighted by Crippen LogP contribution is 2.35. The van der Waals surface area contributed by atoms with Crippen LogP contribution >= 0.6 is 11.8 Å². The van der Waals surface area contributed by atoms with Crippen LogP contribution in [0, 0.1) is 6.92 Å². The topological polar surface area (TPSA) is 89.9 Å². The Bertz CT molecular complexity index is 1330. The van der Waals surface area contributed by atoms with Crippen molar-refractivity contribution >= 4 is 51.3 Å². The number of nitrogens with zero attached hydrogens (tertiary/aromatic N) is 2.